The molecule has 2 aliphatic rings. The second-order valence-electron chi connectivity index (χ2n) is 8.31. The molecule has 144 valence electrons. The molecule has 0 radical (unpaired) electrons. The summed E-state index contributed by atoms with van der Waals surface area (Å²) >= 11 is 0. The van der Waals surface area contributed by atoms with Crippen LogP contribution < -0.4 is 0 Å². The fraction of sp³-hybridized carbons (Fsp3) is 0.375. The number of piperidine rings is 1. The molecule has 28 heavy (non-hydrogen) atoms. The maximum atomic E-state index is 13.1. The predicted octanol–water partition coefficient (Wildman–Crippen LogP) is 3.87. The van der Waals surface area contributed by atoms with Crippen molar-refractivity contribution in [2.75, 3.05) is 20.1 Å². The number of benzene rings is 2. The zero-order valence-corrected chi connectivity index (χ0v) is 16.4. The minimum atomic E-state index is 0.0951. The molecule has 4 heteroatoms. The van der Waals surface area contributed by atoms with Crippen LogP contribution in [0.1, 0.15) is 34.5 Å². The summed E-state index contributed by atoms with van der Waals surface area (Å²) in [5.74, 6) is 0.0951. The van der Waals surface area contributed by atoms with Gasteiger partial charge in [0.2, 0.25) is 0 Å². The summed E-state index contributed by atoms with van der Waals surface area (Å²) in [6.45, 7) is 2.12. The van der Waals surface area contributed by atoms with Crippen molar-refractivity contribution in [2.24, 2.45) is 0 Å². The minimum Gasteiger partial charge on any atom is -0.351 e. The highest BCUT2D eigenvalue weighted by Gasteiger charge is 2.33. The molecule has 1 saturated heterocycles. The van der Waals surface area contributed by atoms with Crippen LogP contribution in [-0.4, -0.2) is 52.9 Å². The third-order valence-electron chi connectivity index (χ3n) is 6.60. The van der Waals surface area contributed by atoms with Gasteiger partial charge in [0.25, 0.3) is 5.91 Å². The molecule has 1 aromatic heterocycles. The normalized spacial score (nSPS) is 20.4. The molecule has 4 nitrogen and oxygen atoms in total. The average molecular weight is 374 g/mol. The second kappa shape index (κ2) is 7.10. The molecule has 2 heterocycles. The van der Waals surface area contributed by atoms with Crippen LogP contribution in [0.4, 0.5) is 0 Å². The van der Waals surface area contributed by atoms with E-state index in [1.807, 2.05) is 42.3 Å². The van der Waals surface area contributed by atoms with Gasteiger partial charge < -0.3 is 9.88 Å². The van der Waals surface area contributed by atoms with E-state index in [1.165, 1.54) is 11.1 Å². The summed E-state index contributed by atoms with van der Waals surface area (Å²) in [7, 11) is 1.96. The molecule has 1 aliphatic heterocycles. The first-order valence-electron chi connectivity index (χ1n) is 10.3. The van der Waals surface area contributed by atoms with Gasteiger partial charge in [0.1, 0.15) is 5.69 Å². The molecule has 2 aromatic carbocycles. The summed E-state index contributed by atoms with van der Waals surface area (Å²) in [6.07, 6.45) is 4.52. The molecular formula is C24H27N3O. The summed E-state index contributed by atoms with van der Waals surface area (Å²) in [6, 6.07) is 19.7. The second-order valence-corrected chi connectivity index (χ2v) is 8.31. The molecule has 0 unspecified atom stereocenters. The van der Waals surface area contributed by atoms with Crippen molar-refractivity contribution < 1.29 is 4.79 Å². The first-order valence-corrected chi connectivity index (χ1v) is 10.3. The molecule has 5 rings (SSSR count). The van der Waals surface area contributed by atoms with Gasteiger partial charge in [-0.05, 0) is 55.5 Å². The van der Waals surface area contributed by atoms with Crippen LogP contribution in [0.5, 0.6) is 0 Å². The van der Waals surface area contributed by atoms with Crippen LogP contribution in [0.15, 0.2) is 54.6 Å². The molecule has 1 atom stereocenters. The van der Waals surface area contributed by atoms with Crippen molar-refractivity contribution in [1.82, 2.24) is 14.8 Å². The first-order chi connectivity index (χ1) is 13.7. The summed E-state index contributed by atoms with van der Waals surface area (Å²) in [5, 5.41) is 1.09. The average Bonchev–Trinajstić information content (AvgIpc) is 3.37. The predicted molar refractivity (Wildman–Crippen MR) is 113 cm³/mol. The van der Waals surface area contributed by atoms with E-state index in [0.717, 1.165) is 49.7 Å². The van der Waals surface area contributed by atoms with Crippen LogP contribution >= 0.6 is 0 Å². The van der Waals surface area contributed by atoms with Crippen LogP contribution in [0, 0.1) is 0 Å². The molecule has 1 aliphatic carbocycles. The number of carbonyl (C=O) groups excluding carboxylic acids is 1. The molecule has 1 amide bonds. The number of likely N-dealkylation sites (N-methyl/N-ethyl adjacent to an activating group) is 1. The molecule has 1 N–H and O–H groups in total. The lowest BCUT2D eigenvalue weighted by Gasteiger charge is -2.40. The van der Waals surface area contributed by atoms with Gasteiger partial charge in [0.15, 0.2) is 0 Å². The number of nitrogens with one attached hydrogen (secondary N) is 1. The number of para-hydroxylation sites is 1. The van der Waals surface area contributed by atoms with Crippen LogP contribution in [-0.2, 0) is 12.8 Å². The smallest absolute Gasteiger partial charge is 0.270 e. The zero-order chi connectivity index (χ0) is 19.1. The Hall–Kier alpha value is -2.59. The number of hydrogen-bond donors (Lipinski definition) is 1. The van der Waals surface area contributed by atoms with Crippen molar-refractivity contribution in [1.29, 1.82) is 0 Å². The van der Waals surface area contributed by atoms with E-state index in [0.29, 0.717) is 11.7 Å². The van der Waals surface area contributed by atoms with E-state index in [-0.39, 0.29) is 11.9 Å². The van der Waals surface area contributed by atoms with Crippen LogP contribution in [0.2, 0.25) is 0 Å². The maximum Gasteiger partial charge on any atom is 0.270 e. The Balaban J connectivity index is 1.29. The zero-order valence-electron chi connectivity index (χ0n) is 16.4. The Bertz CT molecular complexity index is 950. The topological polar surface area (TPSA) is 39.3 Å². The van der Waals surface area contributed by atoms with Gasteiger partial charge in [-0.25, -0.2) is 0 Å². The molecule has 0 spiro atoms. The summed E-state index contributed by atoms with van der Waals surface area (Å²) < 4.78 is 0. The standard InChI is InChI=1S/C24H27N3O/c1-26(24(28)23-15-19-9-4-5-11-22(19)25-23)20-10-6-12-27(16-20)21-13-17-7-2-3-8-18(17)14-21/h2-5,7-9,11,15,20-21,25H,6,10,12-14,16H2,1H3/t20-/m1/s1. The monoisotopic (exact) mass is 373 g/mol. The van der Waals surface area contributed by atoms with Crippen molar-refractivity contribution >= 4 is 16.8 Å². The van der Waals surface area contributed by atoms with Crippen molar-refractivity contribution in [3.8, 4) is 0 Å². The number of likely N-dealkylation sites (tertiary alicyclic amines) is 1. The molecule has 1 fully saturated rings. The number of aromatic amines is 1. The lowest BCUT2D eigenvalue weighted by Crippen LogP contribution is -2.51. The van der Waals surface area contributed by atoms with Gasteiger partial charge in [-0.15, -0.1) is 0 Å². The quantitative estimate of drug-likeness (QED) is 0.757. The van der Waals surface area contributed by atoms with Crippen LogP contribution in [0.25, 0.3) is 10.9 Å². The highest BCUT2D eigenvalue weighted by atomic mass is 16.2. The number of rotatable bonds is 3. The fourth-order valence-electron chi connectivity index (χ4n) is 4.97. The Morgan fingerprint density at radius 1 is 1.07 bits per heavy atom. The third-order valence-corrected chi connectivity index (χ3v) is 6.60. The van der Waals surface area contributed by atoms with Crippen LogP contribution in [0.3, 0.4) is 0 Å². The number of nitrogens with zero attached hydrogens (tertiary/aromatic N) is 2. The molecule has 0 bridgehead atoms. The maximum absolute atomic E-state index is 13.1. The SMILES string of the molecule is CN(C(=O)c1cc2ccccc2[nH]1)[C@@H]1CCCN(C2Cc3ccccc3C2)C1. The number of carbonyl (C=O) groups is 1. The van der Waals surface area contributed by atoms with E-state index in [9.17, 15) is 4.79 Å². The molecule has 0 saturated carbocycles. The van der Waals surface area contributed by atoms with Gasteiger partial charge in [0.05, 0.1) is 0 Å². The number of amides is 1. The van der Waals surface area contributed by atoms with Crippen molar-refractivity contribution in [2.45, 2.75) is 37.8 Å². The van der Waals surface area contributed by atoms with E-state index in [1.54, 1.807) is 0 Å². The first kappa shape index (κ1) is 17.5. The van der Waals surface area contributed by atoms with Crippen molar-refractivity contribution in [3.63, 3.8) is 0 Å². The lowest BCUT2D eigenvalue weighted by molar-refractivity contribution is 0.0551. The Morgan fingerprint density at radius 3 is 2.54 bits per heavy atom. The summed E-state index contributed by atoms with van der Waals surface area (Å²) in [5.41, 5.74) is 4.71. The minimum absolute atomic E-state index is 0.0951. The van der Waals surface area contributed by atoms with Gasteiger partial charge in [0, 0.05) is 36.6 Å². The Kier molecular flexibility index (Phi) is 4.44. The number of H-pyrrole nitrogens is 1. The highest BCUT2D eigenvalue weighted by Crippen LogP contribution is 2.28. The van der Waals surface area contributed by atoms with Gasteiger partial charge in [-0.1, -0.05) is 42.5 Å². The Morgan fingerprint density at radius 2 is 1.79 bits per heavy atom. The Labute approximate surface area is 166 Å². The molecule has 3 aromatic rings. The van der Waals surface area contributed by atoms with Crippen molar-refractivity contribution in [3.05, 3.63) is 71.4 Å². The van der Waals surface area contributed by atoms with Gasteiger partial charge in [-0.2, -0.15) is 0 Å². The summed E-state index contributed by atoms with van der Waals surface area (Å²) in [4.78, 5) is 21.0. The van der Waals surface area contributed by atoms with E-state index in [2.05, 4.69) is 34.1 Å². The van der Waals surface area contributed by atoms with E-state index < -0.39 is 0 Å². The number of fused-ring (bicyclic) bond motifs is 2. The largest absolute Gasteiger partial charge is 0.351 e. The fourth-order valence-corrected chi connectivity index (χ4v) is 4.97. The van der Waals surface area contributed by atoms with E-state index in [4.69, 9.17) is 0 Å². The number of aromatic nitrogens is 1. The third kappa shape index (κ3) is 3.12. The molecular weight excluding hydrogens is 346 g/mol. The highest BCUT2D eigenvalue weighted by molar-refractivity contribution is 5.98. The van der Waals surface area contributed by atoms with Gasteiger partial charge >= 0.3 is 0 Å². The van der Waals surface area contributed by atoms with E-state index >= 15 is 0 Å². The van der Waals surface area contributed by atoms with Gasteiger partial charge in [-0.3, -0.25) is 9.69 Å². The number of hydrogen-bond acceptors (Lipinski definition) is 2. The lowest BCUT2D eigenvalue weighted by atomic mass is 10.0.